The molecule has 4 atom stereocenters. The first-order chi connectivity index (χ1) is 19.7. The molecule has 4 rings (SSSR count). The molecule has 4 amide bonds. The molecule has 0 spiro atoms. The van der Waals surface area contributed by atoms with Gasteiger partial charge in [0.1, 0.15) is 23.9 Å². The van der Waals surface area contributed by atoms with E-state index in [9.17, 15) is 24.3 Å². The lowest BCUT2D eigenvalue weighted by Gasteiger charge is -2.41. The lowest BCUT2D eigenvalue weighted by Crippen LogP contribution is -2.64. The SMILES string of the molecule is NC(=O)[C@H](Cc1ccccc1)NC(=O)[C@H](Cc1ccccc1)NC(=O)[C@H]1CCN1C(=O)[C@@H](N)Cc1ccc(O)cc1. The van der Waals surface area contributed by atoms with Crippen LogP contribution in [0.5, 0.6) is 5.75 Å². The van der Waals surface area contributed by atoms with Gasteiger partial charge < -0.3 is 32.1 Å². The summed E-state index contributed by atoms with van der Waals surface area (Å²) in [6.07, 6.45) is 1.06. The molecule has 41 heavy (non-hydrogen) atoms. The zero-order valence-corrected chi connectivity index (χ0v) is 22.6. The van der Waals surface area contributed by atoms with Gasteiger partial charge in [0.15, 0.2) is 0 Å². The highest BCUT2D eigenvalue weighted by atomic mass is 16.3. The van der Waals surface area contributed by atoms with Gasteiger partial charge in [-0.25, -0.2) is 0 Å². The lowest BCUT2D eigenvalue weighted by atomic mass is 9.97. The number of nitrogens with zero attached hydrogens (tertiary/aromatic N) is 1. The topological polar surface area (TPSA) is 168 Å². The first-order valence-electron chi connectivity index (χ1n) is 13.5. The average molecular weight is 558 g/mol. The van der Waals surface area contributed by atoms with Gasteiger partial charge >= 0.3 is 0 Å². The molecule has 7 N–H and O–H groups in total. The van der Waals surface area contributed by atoms with E-state index in [-0.39, 0.29) is 30.9 Å². The van der Waals surface area contributed by atoms with Gasteiger partial charge in [0.2, 0.25) is 23.6 Å². The Hall–Kier alpha value is -4.70. The Balaban J connectivity index is 1.43. The molecule has 3 aromatic rings. The van der Waals surface area contributed by atoms with E-state index >= 15 is 0 Å². The van der Waals surface area contributed by atoms with E-state index in [1.165, 1.54) is 17.0 Å². The Morgan fingerprint density at radius 2 is 1.32 bits per heavy atom. The van der Waals surface area contributed by atoms with Crippen LogP contribution in [-0.2, 0) is 38.4 Å². The Labute approximate surface area is 238 Å². The molecule has 0 aliphatic carbocycles. The van der Waals surface area contributed by atoms with E-state index < -0.39 is 41.9 Å². The monoisotopic (exact) mass is 557 g/mol. The molecule has 1 saturated heterocycles. The summed E-state index contributed by atoms with van der Waals surface area (Å²) in [5.41, 5.74) is 14.2. The number of likely N-dealkylation sites (tertiary alicyclic amines) is 1. The third kappa shape index (κ3) is 7.92. The van der Waals surface area contributed by atoms with Crippen molar-refractivity contribution in [2.24, 2.45) is 11.5 Å². The number of hydrogen-bond donors (Lipinski definition) is 5. The number of aromatic hydroxyl groups is 1. The van der Waals surface area contributed by atoms with E-state index in [2.05, 4.69) is 10.6 Å². The van der Waals surface area contributed by atoms with Crippen LogP contribution in [0.2, 0.25) is 0 Å². The summed E-state index contributed by atoms with van der Waals surface area (Å²) in [7, 11) is 0. The third-order valence-electron chi connectivity index (χ3n) is 7.17. The summed E-state index contributed by atoms with van der Waals surface area (Å²) in [5, 5.41) is 15.0. The standard InChI is InChI=1S/C31H35N5O5/c32-24(17-22-11-13-23(37)14-12-22)31(41)36-16-15-27(36)30(40)35-26(19-21-9-5-2-6-10-21)29(39)34-25(28(33)38)18-20-7-3-1-4-8-20/h1-14,24-27,37H,15-19,32H2,(H2,33,38)(H,34,39)(H,35,40)/t24-,25-,26-,27+/m0/s1. The number of nitrogens with one attached hydrogen (secondary N) is 2. The van der Waals surface area contributed by atoms with Crippen LogP contribution < -0.4 is 22.1 Å². The Bertz CT molecular complexity index is 1350. The predicted molar refractivity (Wildman–Crippen MR) is 153 cm³/mol. The molecule has 1 aliphatic rings. The van der Waals surface area contributed by atoms with Crippen molar-refractivity contribution in [2.75, 3.05) is 6.54 Å². The van der Waals surface area contributed by atoms with Gasteiger partial charge in [0.05, 0.1) is 6.04 Å². The average Bonchev–Trinajstić information content (AvgIpc) is 2.94. The van der Waals surface area contributed by atoms with Crippen LogP contribution in [0.1, 0.15) is 23.1 Å². The smallest absolute Gasteiger partial charge is 0.243 e. The minimum Gasteiger partial charge on any atom is -0.508 e. The highest BCUT2D eigenvalue weighted by molar-refractivity contribution is 5.95. The van der Waals surface area contributed by atoms with Gasteiger partial charge in [-0.05, 0) is 41.7 Å². The van der Waals surface area contributed by atoms with Crippen LogP contribution >= 0.6 is 0 Å². The molecular formula is C31H35N5O5. The molecular weight excluding hydrogens is 522 g/mol. The number of primary amides is 1. The summed E-state index contributed by atoms with van der Waals surface area (Å²) < 4.78 is 0. The van der Waals surface area contributed by atoms with Crippen molar-refractivity contribution in [1.29, 1.82) is 0 Å². The van der Waals surface area contributed by atoms with E-state index in [4.69, 9.17) is 11.5 Å². The molecule has 10 heteroatoms. The number of amides is 4. The predicted octanol–water partition coefficient (Wildman–Crippen LogP) is 0.803. The summed E-state index contributed by atoms with van der Waals surface area (Å²) in [6.45, 7) is 0.372. The molecule has 0 aromatic heterocycles. The van der Waals surface area contributed by atoms with Crippen LogP contribution in [0.4, 0.5) is 0 Å². The van der Waals surface area contributed by atoms with Gasteiger partial charge in [-0.15, -0.1) is 0 Å². The number of carbonyl (C=O) groups is 4. The number of benzene rings is 3. The minimum atomic E-state index is -1.01. The van der Waals surface area contributed by atoms with Crippen molar-refractivity contribution in [3.8, 4) is 5.75 Å². The van der Waals surface area contributed by atoms with Crippen LogP contribution in [0, 0.1) is 0 Å². The van der Waals surface area contributed by atoms with Crippen molar-refractivity contribution in [1.82, 2.24) is 15.5 Å². The molecule has 1 aliphatic heterocycles. The molecule has 10 nitrogen and oxygen atoms in total. The molecule has 0 saturated carbocycles. The van der Waals surface area contributed by atoms with Crippen molar-refractivity contribution < 1.29 is 24.3 Å². The molecule has 0 bridgehead atoms. The molecule has 0 unspecified atom stereocenters. The fraction of sp³-hybridized carbons (Fsp3) is 0.290. The summed E-state index contributed by atoms with van der Waals surface area (Å²) in [6, 6.07) is 21.2. The van der Waals surface area contributed by atoms with Crippen LogP contribution in [0.15, 0.2) is 84.9 Å². The van der Waals surface area contributed by atoms with Gasteiger partial charge in [0.25, 0.3) is 0 Å². The van der Waals surface area contributed by atoms with Gasteiger partial charge in [-0.3, -0.25) is 19.2 Å². The molecule has 3 aromatic carbocycles. The fourth-order valence-electron chi connectivity index (χ4n) is 4.78. The van der Waals surface area contributed by atoms with E-state index in [1.54, 1.807) is 12.1 Å². The summed E-state index contributed by atoms with van der Waals surface area (Å²) in [5.74, 6) is -1.97. The lowest BCUT2D eigenvalue weighted by molar-refractivity contribution is -0.149. The van der Waals surface area contributed by atoms with Crippen molar-refractivity contribution in [3.63, 3.8) is 0 Å². The maximum Gasteiger partial charge on any atom is 0.243 e. The first-order valence-corrected chi connectivity index (χ1v) is 13.5. The number of phenols is 1. The number of hydrogen-bond acceptors (Lipinski definition) is 6. The maximum atomic E-state index is 13.4. The van der Waals surface area contributed by atoms with E-state index in [0.29, 0.717) is 13.0 Å². The van der Waals surface area contributed by atoms with Crippen molar-refractivity contribution in [3.05, 3.63) is 102 Å². The quantitative estimate of drug-likeness (QED) is 0.221. The largest absolute Gasteiger partial charge is 0.508 e. The number of phenolic OH excluding ortho intramolecular Hbond substituents is 1. The second kappa shape index (κ2) is 13.6. The molecule has 214 valence electrons. The van der Waals surface area contributed by atoms with E-state index in [0.717, 1.165) is 16.7 Å². The minimum absolute atomic E-state index is 0.115. The highest BCUT2D eigenvalue weighted by Gasteiger charge is 2.40. The Morgan fingerprint density at radius 3 is 1.83 bits per heavy atom. The Morgan fingerprint density at radius 1 is 0.780 bits per heavy atom. The summed E-state index contributed by atoms with van der Waals surface area (Å²) >= 11 is 0. The van der Waals surface area contributed by atoms with Crippen molar-refractivity contribution in [2.45, 2.75) is 49.9 Å². The number of nitrogens with two attached hydrogens (primary N) is 2. The van der Waals surface area contributed by atoms with Crippen molar-refractivity contribution >= 4 is 23.6 Å². The maximum absolute atomic E-state index is 13.4. The zero-order valence-electron chi connectivity index (χ0n) is 22.6. The summed E-state index contributed by atoms with van der Waals surface area (Å²) in [4.78, 5) is 53.4. The van der Waals surface area contributed by atoms with Gasteiger partial charge in [-0.1, -0.05) is 72.8 Å². The second-order valence-corrected chi connectivity index (χ2v) is 10.2. The fourth-order valence-corrected chi connectivity index (χ4v) is 4.78. The molecule has 0 radical (unpaired) electrons. The van der Waals surface area contributed by atoms with E-state index in [1.807, 2.05) is 60.7 Å². The van der Waals surface area contributed by atoms with Gasteiger partial charge in [-0.2, -0.15) is 0 Å². The Kier molecular flexibility index (Phi) is 9.70. The molecule has 1 fully saturated rings. The number of rotatable bonds is 12. The third-order valence-corrected chi connectivity index (χ3v) is 7.17. The molecule has 1 heterocycles. The van der Waals surface area contributed by atoms with Gasteiger partial charge in [0, 0.05) is 19.4 Å². The van der Waals surface area contributed by atoms with Crippen LogP contribution in [0.25, 0.3) is 0 Å². The van der Waals surface area contributed by atoms with Crippen LogP contribution in [0.3, 0.4) is 0 Å². The highest BCUT2D eigenvalue weighted by Crippen LogP contribution is 2.20. The normalized spacial score (nSPS) is 16.5. The van der Waals surface area contributed by atoms with Crippen LogP contribution in [-0.4, -0.2) is 64.3 Å². The first kappa shape index (κ1) is 29.3. The number of carbonyl (C=O) groups excluding carboxylic acids is 4. The zero-order chi connectivity index (χ0) is 29.4. The second-order valence-electron chi connectivity index (χ2n) is 10.2.